The fraction of sp³-hybridized carbons (Fsp3) is 0.909. The summed E-state index contributed by atoms with van der Waals surface area (Å²) in [5.41, 5.74) is 5.28. The highest BCUT2D eigenvalue weighted by Gasteiger charge is 2.25. The fourth-order valence-corrected chi connectivity index (χ4v) is 3.08. The molecular formula is C11H25N3O2S. The highest BCUT2D eigenvalue weighted by Crippen LogP contribution is 2.21. The van der Waals surface area contributed by atoms with Gasteiger partial charge in [0.2, 0.25) is 10.0 Å². The molecule has 0 fully saturated rings. The van der Waals surface area contributed by atoms with E-state index in [0.29, 0.717) is 6.42 Å². The van der Waals surface area contributed by atoms with Gasteiger partial charge in [0.1, 0.15) is 0 Å². The Labute approximate surface area is 105 Å². The number of hydrogen-bond acceptors (Lipinski definition) is 3. The Morgan fingerprint density at radius 1 is 1.41 bits per heavy atom. The van der Waals surface area contributed by atoms with Crippen LogP contribution in [-0.2, 0) is 10.0 Å². The number of nitrogens with two attached hydrogens (primary N) is 1. The van der Waals surface area contributed by atoms with Crippen molar-refractivity contribution in [1.82, 2.24) is 4.31 Å². The van der Waals surface area contributed by atoms with Crippen molar-refractivity contribution in [2.24, 2.45) is 11.1 Å². The molecule has 0 aromatic heterocycles. The Morgan fingerprint density at radius 2 is 1.88 bits per heavy atom. The molecule has 0 aromatic carbocycles. The summed E-state index contributed by atoms with van der Waals surface area (Å²) < 4.78 is 25.3. The van der Waals surface area contributed by atoms with Gasteiger partial charge in [-0.15, -0.1) is 0 Å². The average Bonchev–Trinajstić information content (AvgIpc) is 2.11. The molecule has 17 heavy (non-hydrogen) atoms. The number of hydrogen-bond donors (Lipinski definition) is 2. The van der Waals surface area contributed by atoms with Gasteiger partial charge in [0, 0.05) is 19.5 Å². The van der Waals surface area contributed by atoms with Crippen LogP contribution in [0.5, 0.6) is 0 Å². The Kier molecular flexibility index (Phi) is 5.61. The van der Waals surface area contributed by atoms with E-state index in [1.807, 2.05) is 20.8 Å². The SMILES string of the molecule is CC(CC(=N)N)N(C)S(=O)(=O)CCC(C)(C)C. The zero-order chi connectivity index (χ0) is 13.9. The van der Waals surface area contributed by atoms with E-state index >= 15 is 0 Å². The summed E-state index contributed by atoms with van der Waals surface area (Å²) in [5, 5.41) is 7.18. The van der Waals surface area contributed by atoms with E-state index < -0.39 is 10.0 Å². The Bertz CT molecular complexity index is 357. The van der Waals surface area contributed by atoms with E-state index in [1.165, 1.54) is 4.31 Å². The molecule has 0 saturated carbocycles. The van der Waals surface area contributed by atoms with Crippen molar-refractivity contribution in [2.75, 3.05) is 12.8 Å². The van der Waals surface area contributed by atoms with Crippen LogP contribution >= 0.6 is 0 Å². The molecule has 0 spiro atoms. The Balaban J connectivity index is 4.55. The monoisotopic (exact) mass is 263 g/mol. The van der Waals surface area contributed by atoms with Gasteiger partial charge in [-0.2, -0.15) is 0 Å². The van der Waals surface area contributed by atoms with Crippen LogP contribution in [-0.4, -0.2) is 37.4 Å². The van der Waals surface area contributed by atoms with Gasteiger partial charge in [0.15, 0.2) is 0 Å². The lowest BCUT2D eigenvalue weighted by atomic mass is 9.94. The molecule has 0 rings (SSSR count). The lowest BCUT2D eigenvalue weighted by Gasteiger charge is -2.26. The first kappa shape index (κ1) is 16.4. The second-order valence-electron chi connectivity index (χ2n) is 5.72. The number of rotatable bonds is 6. The predicted molar refractivity (Wildman–Crippen MR) is 71.6 cm³/mol. The molecule has 0 saturated heterocycles. The van der Waals surface area contributed by atoms with Crippen LogP contribution in [0.3, 0.4) is 0 Å². The van der Waals surface area contributed by atoms with Gasteiger partial charge in [-0.1, -0.05) is 20.8 Å². The van der Waals surface area contributed by atoms with Gasteiger partial charge in [-0.3, -0.25) is 5.41 Å². The third kappa shape index (κ3) is 6.63. The summed E-state index contributed by atoms with van der Waals surface area (Å²) in [6, 6.07) is -0.266. The number of amidine groups is 1. The molecule has 1 unspecified atom stereocenters. The summed E-state index contributed by atoms with van der Waals surface area (Å²) in [6.07, 6.45) is 0.887. The maximum Gasteiger partial charge on any atom is 0.214 e. The molecule has 102 valence electrons. The van der Waals surface area contributed by atoms with Gasteiger partial charge in [0.25, 0.3) is 0 Å². The maximum atomic E-state index is 12.0. The normalized spacial score (nSPS) is 14.9. The number of nitrogens with one attached hydrogen (secondary N) is 1. The first-order valence-corrected chi connectivity index (χ1v) is 7.35. The molecule has 0 aromatic rings. The van der Waals surface area contributed by atoms with Crippen LogP contribution in [0, 0.1) is 10.8 Å². The molecule has 0 radical (unpaired) electrons. The number of nitrogens with zero attached hydrogens (tertiary/aromatic N) is 1. The van der Waals surface area contributed by atoms with Crippen molar-refractivity contribution >= 4 is 15.9 Å². The largest absolute Gasteiger partial charge is 0.388 e. The summed E-state index contributed by atoms with van der Waals surface area (Å²) in [6.45, 7) is 7.81. The number of sulfonamides is 1. The van der Waals surface area contributed by atoms with Gasteiger partial charge in [0.05, 0.1) is 11.6 Å². The van der Waals surface area contributed by atoms with Crippen LogP contribution in [0.25, 0.3) is 0 Å². The van der Waals surface area contributed by atoms with Crippen molar-refractivity contribution in [3.63, 3.8) is 0 Å². The van der Waals surface area contributed by atoms with E-state index in [-0.39, 0.29) is 29.5 Å². The standard InChI is InChI=1S/C11H25N3O2S/c1-9(8-10(12)13)14(5)17(15,16)7-6-11(2,3)4/h9H,6-8H2,1-5H3,(H3,12,13). The second-order valence-corrected chi connectivity index (χ2v) is 7.87. The summed E-state index contributed by atoms with van der Waals surface area (Å²) in [7, 11) is -1.71. The van der Waals surface area contributed by atoms with Crippen molar-refractivity contribution in [3.05, 3.63) is 0 Å². The van der Waals surface area contributed by atoms with Crippen LogP contribution in [0.1, 0.15) is 40.5 Å². The quantitative estimate of drug-likeness (QED) is 0.561. The smallest absolute Gasteiger partial charge is 0.214 e. The van der Waals surface area contributed by atoms with Crippen LogP contribution in [0.2, 0.25) is 0 Å². The first-order chi connectivity index (χ1) is 7.46. The molecule has 0 aliphatic carbocycles. The van der Waals surface area contributed by atoms with Crippen molar-refractivity contribution < 1.29 is 8.42 Å². The zero-order valence-corrected chi connectivity index (χ0v) is 12.3. The van der Waals surface area contributed by atoms with Gasteiger partial charge in [-0.05, 0) is 18.8 Å². The van der Waals surface area contributed by atoms with Gasteiger partial charge in [-0.25, -0.2) is 12.7 Å². The summed E-state index contributed by atoms with van der Waals surface area (Å²) >= 11 is 0. The van der Waals surface area contributed by atoms with Crippen LogP contribution < -0.4 is 5.73 Å². The fourth-order valence-electron chi connectivity index (χ4n) is 1.30. The average molecular weight is 263 g/mol. The lowest BCUT2D eigenvalue weighted by molar-refractivity contribution is 0.371. The minimum Gasteiger partial charge on any atom is -0.388 e. The molecule has 0 bridgehead atoms. The minimum absolute atomic E-state index is 0.00226. The van der Waals surface area contributed by atoms with E-state index in [0.717, 1.165) is 0 Å². The van der Waals surface area contributed by atoms with Crippen LogP contribution in [0.15, 0.2) is 0 Å². The molecule has 0 aliphatic heterocycles. The molecule has 6 heteroatoms. The Hall–Kier alpha value is -0.620. The third-order valence-corrected chi connectivity index (χ3v) is 4.64. The molecule has 5 nitrogen and oxygen atoms in total. The minimum atomic E-state index is -3.26. The first-order valence-electron chi connectivity index (χ1n) is 5.74. The molecule has 0 amide bonds. The lowest BCUT2D eigenvalue weighted by Crippen LogP contribution is -2.39. The van der Waals surface area contributed by atoms with Gasteiger partial charge < -0.3 is 5.73 Å². The van der Waals surface area contributed by atoms with E-state index in [4.69, 9.17) is 11.1 Å². The molecule has 0 heterocycles. The summed E-state index contributed by atoms with van der Waals surface area (Å²) in [5.74, 6) is 0.144. The van der Waals surface area contributed by atoms with Crippen molar-refractivity contribution in [2.45, 2.75) is 46.6 Å². The van der Waals surface area contributed by atoms with Crippen LogP contribution in [0.4, 0.5) is 0 Å². The van der Waals surface area contributed by atoms with E-state index in [1.54, 1.807) is 14.0 Å². The third-order valence-electron chi connectivity index (χ3n) is 2.68. The van der Waals surface area contributed by atoms with E-state index in [2.05, 4.69) is 0 Å². The van der Waals surface area contributed by atoms with Crippen molar-refractivity contribution in [3.8, 4) is 0 Å². The molecular weight excluding hydrogens is 238 g/mol. The topological polar surface area (TPSA) is 87.2 Å². The highest BCUT2D eigenvalue weighted by atomic mass is 32.2. The molecule has 1 atom stereocenters. The molecule has 0 aliphatic rings. The second kappa shape index (κ2) is 5.82. The van der Waals surface area contributed by atoms with Gasteiger partial charge >= 0.3 is 0 Å². The molecule has 3 N–H and O–H groups in total. The van der Waals surface area contributed by atoms with E-state index in [9.17, 15) is 8.42 Å². The van der Waals surface area contributed by atoms with Crippen molar-refractivity contribution in [1.29, 1.82) is 5.41 Å². The Morgan fingerprint density at radius 3 is 2.24 bits per heavy atom. The zero-order valence-electron chi connectivity index (χ0n) is 11.4. The summed E-state index contributed by atoms with van der Waals surface area (Å²) in [4.78, 5) is 0. The maximum absolute atomic E-state index is 12.0. The highest BCUT2D eigenvalue weighted by molar-refractivity contribution is 7.89. The predicted octanol–water partition coefficient (Wildman–Crippen LogP) is 1.40.